The lowest BCUT2D eigenvalue weighted by molar-refractivity contribution is 0.304. The summed E-state index contributed by atoms with van der Waals surface area (Å²) >= 11 is 1.35. The summed E-state index contributed by atoms with van der Waals surface area (Å²) in [5, 5.41) is 9.66. The average molecular weight is 235 g/mol. The van der Waals surface area contributed by atoms with Gasteiger partial charge in [0.25, 0.3) is 0 Å². The summed E-state index contributed by atoms with van der Waals surface area (Å²) in [7, 11) is 1.89. The molecule has 5 heteroatoms. The second-order valence-corrected chi connectivity index (χ2v) is 4.14. The van der Waals surface area contributed by atoms with E-state index in [1.807, 2.05) is 42.3 Å². The fourth-order valence-electron chi connectivity index (χ4n) is 1.32. The van der Waals surface area contributed by atoms with E-state index in [1.54, 1.807) is 0 Å². The standard InChI is InChI=1S/C11H13N3OS/c1-14(7-8-15)11-12-10(13-16-11)9-5-3-2-4-6-9/h2-6,15H,7-8H2,1H3. The Morgan fingerprint density at radius 2 is 2.06 bits per heavy atom. The molecule has 0 radical (unpaired) electrons. The molecule has 2 rings (SSSR count). The summed E-state index contributed by atoms with van der Waals surface area (Å²) in [6.07, 6.45) is 0. The Kier molecular flexibility index (Phi) is 3.48. The summed E-state index contributed by atoms with van der Waals surface area (Å²) in [6.45, 7) is 0.695. The van der Waals surface area contributed by atoms with Crippen LogP contribution >= 0.6 is 11.5 Å². The Bertz CT molecular complexity index is 444. The molecule has 0 saturated carbocycles. The van der Waals surface area contributed by atoms with Crippen LogP contribution in [-0.2, 0) is 0 Å². The molecule has 0 atom stereocenters. The van der Waals surface area contributed by atoms with Gasteiger partial charge in [-0.1, -0.05) is 30.3 Å². The normalized spacial score (nSPS) is 10.4. The van der Waals surface area contributed by atoms with Crippen molar-refractivity contribution in [1.82, 2.24) is 9.36 Å². The lowest BCUT2D eigenvalue weighted by Gasteiger charge is -2.11. The monoisotopic (exact) mass is 235 g/mol. The van der Waals surface area contributed by atoms with Crippen molar-refractivity contribution in [1.29, 1.82) is 0 Å². The topological polar surface area (TPSA) is 49.2 Å². The number of aliphatic hydroxyl groups excluding tert-OH is 1. The highest BCUT2D eigenvalue weighted by Gasteiger charge is 2.09. The number of hydrogen-bond donors (Lipinski definition) is 1. The van der Waals surface area contributed by atoms with Gasteiger partial charge in [0.05, 0.1) is 6.61 Å². The molecular weight excluding hydrogens is 222 g/mol. The molecule has 1 aromatic carbocycles. The van der Waals surface area contributed by atoms with Gasteiger partial charge in [0.15, 0.2) is 5.82 Å². The first kappa shape index (κ1) is 11.0. The minimum absolute atomic E-state index is 0.122. The molecule has 0 fully saturated rings. The van der Waals surface area contributed by atoms with E-state index in [0.717, 1.165) is 16.5 Å². The largest absolute Gasteiger partial charge is 0.395 e. The van der Waals surface area contributed by atoms with E-state index in [-0.39, 0.29) is 6.61 Å². The van der Waals surface area contributed by atoms with Crippen molar-refractivity contribution < 1.29 is 5.11 Å². The molecular formula is C11H13N3OS. The summed E-state index contributed by atoms with van der Waals surface area (Å²) in [5.41, 5.74) is 1.02. The van der Waals surface area contributed by atoms with Crippen molar-refractivity contribution in [3.63, 3.8) is 0 Å². The van der Waals surface area contributed by atoms with Crippen LogP contribution in [0, 0.1) is 0 Å². The van der Waals surface area contributed by atoms with E-state index in [9.17, 15) is 0 Å². The summed E-state index contributed by atoms with van der Waals surface area (Å²) in [4.78, 5) is 6.31. The Labute approximate surface area is 98.4 Å². The fourth-order valence-corrected chi connectivity index (χ4v) is 1.99. The van der Waals surface area contributed by atoms with Gasteiger partial charge in [0.2, 0.25) is 5.13 Å². The average Bonchev–Trinajstić information content (AvgIpc) is 2.80. The molecule has 4 nitrogen and oxygen atoms in total. The molecule has 0 amide bonds. The minimum atomic E-state index is 0.122. The van der Waals surface area contributed by atoms with Gasteiger partial charge in [0, 0.05) is 30.7 Å². The first-order valence-corrected chi connectivity index (χ1v) is 5.79. The molecule has 0 aliphatic carbocycles. The third-order valence-electron chi connectivity index (χ3n) is 2.21. The molecule has 16 heavy (non-hydrogen) atoms. The van der Waals surface area contributed by atoms with Gasteiger partial charge >= 0.3 is 0 Å². The predicted molar refractivity (Wildman–Crippen MR) is 65.7 cm³/mol. The number of aliphatic hydroxyl groups is 1. The number of likely N-dealkylation sites (N-methyl/N-ethyl adjacent to an activating group) is 1. The molecule has 2 aromatic rings. The maximum atomic E-state index is 8.84. The highest BCUT2D eigenvalue weighted by molar-refractivity contribution is 7.09. The fraction of sp³-hybridized carbons (Fsp3) is 0.273. The van der Waals surface area contributed by atoms with Crippen molar-refractivity contribution in [3.8, 4) is 11.4 Å². The highest BCUT2D eigenvalue weighted by Crippen LogP contribution is 2.22. The van der Waals surface area contributed by atoms with Crippen LogP contribution in [0.3, 0.4) is 0 Å². The zero-order chi connectivity index (χ0) is 11.4. The maximum Gasteiger partial charge on any atom is 0.205 e. The number of nitrogens with zero attached hydrogens (tertiary/aromatic N) is 3. The smallest absolute Gasteiger partial charge is 0.205 e. The first-order chi connectivity index (χ1) is 7.81. The van der Waals surface area contributed by atoms with Gasteiger partial charge in [0.1, 0.15) is 0 Å². The number of anilines is 1. The van der Waals surface area contributed by atoms with Crippen LogP contribution in [0.2, 0.25) is 0 Å². The number of rotatable bonds is 4. The second kappa shape index (κ2) is 5.05. The van der Waals surface area contributed by atoms with E-state index >= 15 is 0 Å². The van der Waals surface area contributed by atoms with Crippen LogP contribution in [0.25, 0.3) is 11.4 Å². The Morgan fingerprint density at radius 3 is 2.75 bits per heavy atom. The van der Waals surface area contributed by atoms with Gasteiger partial charge < -0.3 is 10.0 Å². The van der Waals surface area contributed by atoms with Crippen molar-refractivity contribution in [2.24, 2.45) is 0 Å². The van der Waals surface area contributed by atoms with Crippen molar-refractivity contribution >= 4 is 16.7 Å². The zero-order valence-electron chi connectivity index (χ0n) is 9.00. The van der Waals surface area contributed by atoms with Gasteiger partial charge in [-0.2, -0.15) is 9.36 Å². The van der Waals surface area contributed by atoms with Crippen molar-refractivity contribution in [2.75, 3.05) is 25.1 Å². The predicted octanol–water partition coefficient (Wildman–Crippen LogP) is 1.63. The van der Waals surface area contributed by atoms with Crippen LogP contribution in [0.1, 0.15) is 0 Å². The molecule has 0 saturated heterocycles. The Balaban J connectivity index is 2.20. The number of hydrogen-bond acceptors (Lipinski definition) is 5. The van der Waals surface area contributed by atoms with Crippen LogP contribution < -0.4 is 4.90 Å². The Morgan fingerprint density at radius 1 is 1.31 bits per heavy atom. The lowest BCUT2D eigenvalue weighted by Crippen LogP contribution is -2.20. The maximum absolute atomic E-state index is 8.84. The van der Waals surface area contributed by atoms with Gasteiger partial charge in [-0.05, 0) is 0 Å². The molecule has 1 heterocycles. The SMILES string of the molecule is CN(CCO)c1nc(-c2ccccc2)ns1. The van der Waals surface area contributed by atoms with Crippen LogP contribution in [-0.4, -0.2) is 34.7 Å². The summed E-state index contributed by atoms with van der Waals surface area (Å²) in [6, 6.07) is 9.87. The molecule has 84 valence electrons. The number of benzene rings is 1. The molecule has 0 aliphatic heterocycles. The third-order valence-corrected chi connectivity index (χ3v) is 3.04. The quantitative estimate of drug-likeness (QED) is 0.875. The second-order valence-electron chi connectivity index (χ2n) is 3.41. The zero-order valence-corrected chi connectivity index (χ0v) is 9.81. The summed E-state index contributed by atoms with van der Waals surface area (Å²) < 4.78 is 4.30. The van der Waals surface area contributed by atoms with Crippen LogP contribution in [0.4, 0.5) is 5.13 Å². The highest BCUT2D eigenvalue weighted by atomic mass is 32.1. The molecule has 1 aromatic heterocycles. The molecule has 0 spiro atoms. The van der Waals surface area contributed by atoms with E-state index in [1.165, 1.54) is 11.5 Å². The third kappa shape index (κ3) is 2.37. The Hall–Kier alpha value is -1.46. The molecule has 1 N–H and O–H groups in total. The first-order valence-electron chi connectivity index (χ1n) is 5.02. The number of aromatic nitrogens is 2. The summed E-state index contributed by atoms with van der Waals surface area (Å²) in [5.74, 6) is 0.741. The van der Waals surface area contributed by atoms with E-state index in [0.29, 0.717) is 6.54 Å². The van der Waals surface area contributed by atoms with Gasteiger partial charge in [-0.25, -0.2) is 0 Å². The molecule has 0 unspecified atom stereocenters. The molecule has 0 aliphatic rings. The van der Waals surface area contributed by atoms with Gasteiger partial charge in [-0.15, -0.1) is 0 Å². The van der Waals surface area contributed by atoms with Crippen molar-refractivity contribution in [3.05, 3.63) is 30.3 Å². The van der Waals surface area contributed by atoms with E-state index in [2.05, 4.69) is 9.36 Å². The van der Waals surface area contributed by atoms with Gasteiger partial charge in [-0.3, -0.25) is 0 Å². The van der Waals surface area contributed by atoms with Crippen LogP contribution in [0.5, 0.6) is 0 Å². The van der Waals surface area contributed by atoms with E-state index < -0.39 is 0 Å². The van der Waals surface area contributed by atoms with E-state index in [4.69, 9.17) is 5.11 Å². The lowest BCUT2D eigenvalue weighted by atomic mass is 10.2. The minimum Gasteiger partial charge on any atom is -0.395 e. The molecule has 0 bridgehead atoms. The van der Waals surface area contributed by atoms with Crippen molar-refractivity contribution in [2.45, 2.75) is 0 Å². The van der Waals surface area contributed by atoms with Crippen LogP contribution in [0.15, 0.2) is 30.3 Å².